The topological polar surface area (TPSA) is 79.6 Å². The highest BCUT2D eigenvalue weighted by Crippen LogP contribution is 2.05. The van der Waals surface area contributed by atoms with E-state index in [2.05, 4.69) is 0 Å². The minimum Gasteiger partial charge on any atom is -0.466 e. The zero-order valence-electron chi connectivity index (χ0n) is 10.6. The zero-order valence-corrected chi connectivity index (χ0v) is 10.6. The van der Waals surface area contributed by atoms with Crippen molar-refractivity contribution in [1.29, 1.82) is 5.26 Å². The van der Waals surface area contributed by atoms with Crippen LogP contribution in [0.5, 0.6) is 0 Å². The Morgan fingerprint density at radius 2 is 2.28 bits per heavy atom. The van der Waals surface area contributed by atoms with Crippen molar-refractivity contribution in [1.82, 2.24) is 4.90 Å². The first-order valence-corrected chi connectivity index (χ1v) is 6.06. The summed E-state index contributed by atoms with van der Waals surface area (Å²) in [4.78, 5) is 24.6. The molecule has 1 unspecified atom stereocenters. The standard InChI is InChI=1S/C12H18N2O4/c1-2-17-12(16)4-3-10(15)8-14-5-6-18-11(7-13)9-14/h11H,2-6,8-9H2,1H3. The maximum atomic E-state index is 11.6. The van der Waals surface area contributed by atoms with E-state index in [1.165, 1.54) is 0 Å². The molecule has 0 radical (unpaired) electrons. The summed E-state index contributed by atoms with van der Waals surface area (Å²) in [5.41, 5.74) is 0. The lowest BCUT2D eigenvalue weighted by atomic mass is 10.2. The van der Waals surface area contributed by atoms with E-state index < -0.39 is 6.10 Å². The van der Waals surface area contributed by atoms with Crippen LogP contribution >= 0.6 is 0 Å². The summed E-state index contributed by atoms with van der Waals surface area (Å²) >= 11 is 0. The number of ether oxygens (including phenoxy) is 2. The molecule has 0 aliphatic carbocycles. The second-order valence-corrected chi connectivity index (χ2v) is 4.07. The SMILES string of the molecule is CCOC(=O)CCC(=O)CN1CCOC(C#N)C1. The first-order chi connectivity index (χ1) is 8.65. The molecule has 0 aromatic heterocycles. The molecule has 6 heteroatoms. The number of carbonyl (C=O) groups excluding carboxylic acids is 2. The Morgan fingerprint density at radius 1 is 1.50 bits per heavy atom. The Hall–Kier alpha value is -1.45. The molecular formula is C12H18N2O4. The van der Waals surface area contributed by atoms with Gasteiger partial charge in [-0.2, -0.15) is 5.26 Å². The smallest absolute Gasteiger partial charge is 0.306 e. The Morgan fingerprint density at radius 3 is 2.94 bits per heavy atom. The summed E-state index contributed by atoms with van der Waals surface area (Å²) in [6.07, 6.45) is -0.150. The van der Waals surface area contributed by atoms with Crippen molar-refractivity contribution in [3.63, 3.8) is 0 Å². The van der Waals surface area contributed by atoms with Gasteiger partial charge in [-0.05, 0) is 6.92 Å². The molecule has 1 fully saturated rings. The normalized spacial score (nSPS) is 20.1. The Labute approximate surface area is 106 Å². The molecule has 0 amide bonds. The van der Waals surface area contributed by atoms with E-state index in [0.717, 1.165) is 0 Å². The molecule has 0 bridgehead atoms. The van der Waals surface area contributed by atoms with Gasteiger partial charge in [0.2, 0.25) is 0 Å². The summed E-state index contributed by atoms with van der Waals surface area (Å²) in [5, 5.41) is 8.73. The quantitative estimate of drug-likeness (QED) is 0.626. The molecule has 1 rings (SSSR count). The minimum absolute atomic E-state index is 0.0124. The number of hydrogen-bond acceptors (Lipinski definition) is 6. The van der Waals surface area contributed by atoms with Crippen LogP contribution in [0.4, 0.5) is 0 Å². The van der Waals surface area contributed by atoms with Gasteiger partial charge in [0.25, 0.3) is 0 Å². The number of morpholine rings is 1. The molecule has 1 heterocycles. The first kappa shape index (κ1) is 14.6. The summed E-state index contributed by atoms with van der Waals surface area (Å²) < 4.78 is 9.93. The van der Waals surface area contributed by atoms with Gasteiger partial charge in [-0.3, -0.25) is 14.5 Å². The van der Waals surface area contributed by atoms with Crippen molar-refractivity contribution < 1.29 is 19.1 Å². The Kier molecular flexibility index (Phi) is 6.33. The van der Waals surface area contributed by atoms with Gasteiger partial charge in [0.05, 0.1) is 32.2 Å². The molecule has 0 aromatic carbocycles. The number of ketones is 1. The lowest BCUT2D eigenvalue weighted by Crippen LogP contribution is -2.44. The van der Waals surface area contributed by atoms with E-state index in [1.807, 2.05) is 11.0 Å². The average Bonchev–Trinajstić information content (AvgIpc) is 2.37. The largest absolute Gasteiger partial charge is 0.466 e. The van der Waals surface area contributed by atoms with Crippen molar-refractivity contribution in [2.45, 2.75) is 25.9 Å². The van der Waals surface area contributed by atoms with Crippen LogP contribution in [-0.4, -0.2) is 55.6 Å². The van der Waals surface area contributed by atoms with Crippen LogP contribution in [0.2, 0.25) is 0 Å². The number of nitriles is 1. The molecule has 6 nitrogen and oxygen atoms in total. The monoisotopic (exact) mass is 254 g/mol. The minimum atomic E-state index is -0.461. The number of carbonyl (C=O) groups is 2. The van der Waals surface area contributed by atoms with Crippen molar-refractivity contribution in [3.8, 4) is 6.07 Å². The van der Waals surface area contributed by atoms with Crippen molar-refractivity contribution in [3.05, 3.63) is 0 Å². The fourth-order valence-electron chi connectivity index (χ4n) is 1.73. The molecule has 1 aliphatic rings. The van der Waals surface area contributed by atoms with E-state index in [9.17, 15) is 9.59 Å². The predicted octanol–water partition coefficient (Wildman–Crippen LogP) is 0.123. The summed E-state index contributed by atoms with van der Waals surface area (Å²) in [5.74, 6) is -0.357. The molecule has 1 saturated heterocycles. The third kappa shape index (κ3) is 5.25. The highest BCUT2D eigenvalue weighted by molar-refractivity contribution is 5.84. The van der Waals surface area contributed by atoms with Gasteiger partial charge in [-0.15, -0.1) is 0 Å². The molecule has 1 aliphatic heterocycles. The Balaban J connectivity index is 2.23. The molecule has 18 heavy (non-hydrogen) atoms. The van der Waals surface area contributed by atoms with E-state index in [1.54, 1.807) is 6.92 Å². The van der Waals surface area contributed by atoms with Gasteiger partial charge in [0.15, 0.2) is 6.10 Å². The predicted molar refractivity (Wildman–Crippen MR) is 62.7 cm³/mol. The second kappa shape index (κ2) is 7.80. The van der Waals surface area contributed by atoms with Crippen LogP contribution in [0.1, 0.15) is 19.8 Å². The summed E-state index contributed by atoms with van der Waals surface area (Å²) in [6.45, 7) is 3.88. The van der Waals surface area contributed by atoms with Crippen LogP contribution in [0, 0.1) is 11.3 Å². The number of Topliss-reactive ketones (excluding diaryl/α,β-unsaturated/α-hetero) is 1. The molecule has 0 N–H and O–H groups in total. The second-order valence-electron chi connectivity index (χ2n) is 4.07. The maximum absolute atomic E-state index is 11.6. The van der Waals surface area contributed by atoms with E-state index in [-0.39, 0.29) is 31.1 Å². The number of rotatable bonds is 6. The third-order valence-electron chi connectivity index (χ3n) is 2.61. The lowest BCUT2D eigenvalue weighted by Gasteiger charge is -2.28. The van der Waals surface area contributed by atoms with Crippen molar-refractivity contribution in [2.75, 3.05) is 32.8 Å². The van der Waals surface area contributed by atoms with Crippen LogP contribution in [-0.2, 0) is 19.1 Å². The lowest BCUT2D eigenvalue weighted by molar-refractivity contribution is -0.144. The van der Waals surface area contributed by atoms with Crippen molar-refractivity contribution >= 4 is 11.8 Å². The van der Waals surface area contributed by atoms with Crippen LogP contribution in [0.25, 0.3) is 0 Å². The van der Waals surface area contributed by atoms with Gasteiger partial charge in [-0.25, -0.2) is 0 Å². The van der Waals surface area contributed by atoms with Crippen LogP contribution in [0.3, 0.4) is 0 Å². The van der Waals surface area contributed by atoms with Gasteiger partial charge < -0.3 is 9.47 Å². The molecule has 0 spiro atoms. The van der Waals surface area contributed by atoms with E-state index in [4.69, 9.17) is 14.7 Å². The number of esters is 1. The van der Waals surface area contributed by atoms with E-state index >= 15 is 0 Å². The van der Waals surface area contributed by atoms with Crippen molar-refractivity contribution in [2.24, 2.45) is 0 Å². The van der Waals surface area contributed by atoms with Crippen LogP contribution in [0.15, 0.2) is 0 Å². The molecule has 0 aromatic rings. The highest BCUT2D eigenvalue weighted by atomic mass is 16.5. The molecular weight excluding hydrogens is 236 g/mol. The fraction of sp³-hybridized carbons (Fsp3) is 0.750. The summed E-state index contributed by atoms with van der Waals surface area (Å²) in [7, 11) is 0. The first-order valence-electron chi connectivity index (χ1n) is 6.06. The number of nitrogens with zero attached hydrogens (tertiary/aromatic N) is 2. The Bertz CT molecular complexity index is 337. The zero-order chi connectivity index (χ0) is 13.4. The summed E-state index contributed by atoms with van der Waals surface area (Å²) in [6, 6.07) is 2.02. The maximum Gasteiger partial charge on any atom is 0.306 e. The van der Waals surface area contributed by atoms with Crippen LogP contribution < -0.4 is 0 Å². The van der Waals surface area contributed by atoms with Gasteiger partial charge in [0.1, 0.15) is 5.78 Å². The molecule has 0 saturated carbocycles. The van der Waals surface area contributed by atoms with Gasteiger partial charge in [0, 0.05) is 19.5 Å². The van der Waals surface area contributed by atoms with Gasteiger partial charge >= 0.3 is 5.97 Å². The average molecular weight is 254 g/mol. The third-order valence-corrected chi connectivity index (χ3v) is 2.61. The fourth-order valence-corrected chi connectivity index (χ4v) is 1.73. The van der Waals surface area contributed by atoms with Gasteiger partial charge in [-0.1, -0.05) is 0 Å². The highest BCUT2D eigenvalue weighted by Gasteiger charge is 2.21. The molecule has 1 atom stereocenters. The van der Waals surface area contributed by atoms with E-state index in [0.29, 0.717) is 26.3 Å². The molecule has 100 valence electrons. The number of hydrogen-bond donors (Lipinski definition) is 0.